The number of imidazole rings is 1. The Morgan fingerprint density at radius 2 is 1.97 bits per heavy atom. The van der Waals surface area contributed by atoms with Crippen LogP contribution in [0.2, 0.25) is 0 Å². The molecule has 10 nitrogen and oxygen atoms in total. The molecule has 1 unspecified atom stereocenters. The highest BCUT2D eigenvalue weighted by molar-refractivity contribution is 8.00. The molecule has 1 atom stereocenters. The molecule has 204 valence electrons. The van der Waals surface area contributed by atoms with Gasteiger partial charge in [0.05, 0.1) is 11.8 Å². The number of nitriles is 1. The van der Waals surface area contributed by atoms with Gasteiger partial charge in [-0.05, 0) is 55.3 Å². The number of aryl methyl sites for hydroxylation is 1. The first-order valence-electron chi connectivity index (χ1n) is 13.0. The van der Waals surface area contributed by atoms with Gasteiger partial charge in [-0.2, -0.15) is 5.26 Å². The Morgan fingerprint density at radius 1 is 1.26 bits per heavy atom. The Balaban J connectivity index is 1.18. The minimum absolute atomic E-state index is 0.00631. The molecule has 13 heteroatoms. The Hall–Kier alpha value is -3.18. The highest BCUT2D eigenvalue weighted by Gasteiger charge is 2.39. The van der Waals surface area contributed by atoms with Crippen LogP contribution in [0.1, 0.15) is 30.3 Å². The average Bonchev–Trinajstić information content (AvgIpc) is 3.63. The lowest BCUT2D eigenvalue weighted by Crippen LogP contribution is -2.56. The number of carbonyl (C=O) groups is 1. The number of benzene rings is 1. The molecule has 5 heterocycles. The fourth-order valence-electron chi connectivity index (χ4n) is 5.30. The van der Waals surface area contributed by atoms with Gasteiger partial charge in [0, 0.05) is 44.7 Å². The number of thioether (sulfide) groups is 1. The number of halogens is 1. The normalized spacial score (nSPS) is 19.9. The molecule has 0 aliphatic carbocycles. The van der Waals surface area contributed by atoms with Gasteiger partial charge in [-0.15, -0.1) is 0 Å². The van der Waals surface area contributed by atoms with E-state index in [4.69, 9.17) is 9.97 Å². The number of fused-ring (bicyclic) bond motifs is 1. The summed E-state index contributed by atoms with van der Waals surface area (Å²) in [5.41, 5.74) is 5.73. The largest absolute Gasteiger partial charge is 0.389 e. The number of aliphatic hydroxyl groups excluding tert-OH is 1. The smallest absolute Gasteiger partial charge is 0.225 e. The predicted octanol–water partition coefficient (Wildman–Crippen LogP) is 3.20. The Bertz CT molecular complexity index is 1420. The van der Waals surface area contributed by atoms with Crippen LogP contribution in [-0.4, -0.2) is 80.3 Å². The number of hydrogen-bond acceptors (Lipinski definition) is 10. The molecule has 3 aliphatic rings. The molecule has 0 saturated carbocycles. The molecule has 0 radical (unpaired) electrons. The SMILES string of the molecule is CCc1nc2n(c1N(C)c1nc(-c3ccc(F)cc3)c(C#N)s1)NC(N1CCC(C(=O)N3CC(O)C3)CC1)S2. The van der Waals surface area contributed by atoms with Crippen LogP contribution in [0.5, 0.6) is 0 Å². The van der Waals surface area contributed by atoms with E-state index in [1.54, 1.807) is 28.8 Å². The van der Waals surface area contributed by atoms with E-state index < -0.39 is 0 Å². The molecule has 6 rings (SSSR count). The van der Waals surface area contributed by atoms with Gasteiger partial charge < -0.3 is 14.9 Å². The van der Waals surface area contributed by atoms with E-state index in [0.29, 0.717) is 34.4 Å². The number of aromatic nitrogens is 3. The molecule has 39 heavy (non-hydrogen) atoms. The first-order chi connectivity index (χ1) is 18.9. The third-order valence-electron chi connectivity index (χ3n) is 7.51. The monoisotopic (exact) mass is 568 g/mol. The van der Waals surface area contributed by atoms with Crippen LogP contribution in [-0.2, 0) is 11.2 Å². The van der Waals surface area contributed by atoms with Crippen molar-refractivity contribution in [1.82, 2.24) is 24.4 Å². The minimum atomic E-state index is -0.374. The van der Waals surface area contributed by atoms with E-state index in [-0.39, 0.29) is 29.2 Å². The van der Waals surface area contributed by atoms with Crippen molar-refractivity contribution >= 4 is 40.0 Å². The number of piperidine rings is 1. The lowest BCUT2D eigenvalue weighted by Gasteiger charge is -2.41. The number of amides is 1. The molecule has 0 spiro atoms. The molecular weight excluding hydrogens is 539 g/mol. The van der Waals surface area contributed by atoms with E-state index in [0.717, 1.165) is 49.0 Å². The van der Waals surface area contributed by atoms with Gasteiger partial charge in [-0.3, -0.25) is 15.1 Å². The highest BCUT2D eigenvalue weighted by Crippen LogP contribution is 2.41. The van der Waals surface area contributed by atoms with Crippen LogP contribution in [0, 0.1) is 23.1 Å². The number of carbonyl (C=O) groups excluding carboxylic acids is 1. The lowest BCUT2D eigenvalue weighted by molar-refractivity contribution is -0.147. The molecule has 3 aliphatic heterocycles. The van der Waals surface area contributed by atoms with Gasteiger partial charge in [0.1, 0.15) is 28.0 Å². The third kappa shape index (κ3) is 4.75. The van der Waals surface area contributed by atoms with Crippen LogP contribution in [0.15, 0.2) is 29.4 Å². The van der Waals surface area contributed by atoms with Crippen molar-refractivity contribution in [2.75, 3.05) is 43.6 Å². The number of likely N-dealkylation sites (tertiary alicyclic amines) is 2. The third-order valence-corrected chi connectivity index (χ3v) is 9.66. The lowest BCUT2D eigenvalue weighted by atomic mass is 9.94. The number of anilines is 2. The fraction of sp³-hybridized carbons (Fsp3) is 0.462. The second kappa shape index (κ2) is 10.4. The number of β-amino-alcohol motifs (C(OH)–C–C–N with tert-alkyl or cyclic N) is 1. The minimum Gasteiger partial charge on any atom is -0.389 e. The van der Waals surface area contributed by atoms with Crippen LogP contribution < -0.4 is 10.3 Å². The number of aliphatic hydroxyl groups is 1. The zero-order valence-electron chi connectivity index (χ0n) is 21.7. The van der Waals surface area contributed by atoms with E-state index >= 15 is 0 Å². The molecule has 3 aromatic rings. The van der Waals surface area contributed by atoms with Crippen molar-refractivity contribution in [2.45, 2.75) is 42.9 Å². The summed E-state index contributed by atoms with van der Waals surface area (Å²) in [4.78, 5) is 28.9. The molecule has 2 N–H and O–H groups in total. The van der Waals surface area contributed by atoms with Gasteiger partial charge >= 0.3 is 0 Å². The van der Waals surface area contributed by atoms with Crippen LogP contribution >= 0.6 is 23.1 Å². The van der Waals surface area contributed by atoms with E-state index in [1.165, 1.54) is 23.5 Å². The van der Waals surface area contributed by atoms with Crippen molar-refractivity contribution < 1.29 is 14.3 Å². The summed E-state index contributed by atoms with van der Waals surface area (Å²) in [6.45, 7) is 4.57. The summed E-state index contributed by atoms with van der Waals surface area (Å²) in [6.07, 6.45) is 1.94. The average molecular weight is 569 g/mol. The Labute approximate surface area is 234 Å². The van der Waals surface area contributed by atoms with Crippen LogP contribution in [0.25, 0.3) is 11.3 Å². The zero-order chi connectivity index (χ0) is 27.3. The molecular formula is C26H29FN8O2S2. The van der Waals surface area contributed by atoms with Gasteiger partial charge in [-0.1, -0.05) is 18.3 Å². The topological polar surface area (TPSA) is 114 Å². The van der Waals surface area contributed by atoms with Crippen molar-refractivity contribution in [3.63, 3.8) is 0 Å². The quantitative estimate of drug-likeness (QED) is 0.463. The number of hydrogen-bond donors (Lipinski definition) is 2. The Kier molecular flexibility index (Phi) is 6.96. The van der Waals surface area contributed by atoms with Crippen molar-refractivity contribution in [1.29, 1.82) is 5.26 Å². The highest BCUT2D eigenvalue weighted by atomic mass is 32.2. The van der Waals surface area contributed by atoms with Crippen molar-refractivity contribution in [2.24, 2.45) is 5.92 Å². The Morgan fingerprint density at radius 3 is 2.62 bits per heavy atom. The number of nitrogens with zero attached hydrogens (tertiary/aromatic N) is 7. The van der Waals surface area contributed by atoms with E-state index in [9.17, 15) is 19.6 Å². The molecule has 0 bridgehead atoms. The molecule has 2 fully saturated rings. The molecule has 2 aromatic heterocycles. The summed E-state index contributed by atoms with van der Waals surface area (Å²) in [5, 5.41) is 20.8. The summed E-state index contributed by atoms with van der Waals surface area (Å²) in [7, 11) is 1.92. The van der Waals surface area contributed by atoms with Gasteiger partial charge in [-0.25, -0.2) is 19.0 Å². The molecule has 1 amide bonds. The van der Waals surface area contributed by atoms with Crippen molar-refractivity contribution in [3.05, 3.63) is 40.7 Å². The summed E-state index contributed by atoms with van der Waals surface area (Å²) in [5.74, 6) is 0.710. The number of nitrogens with one attached hydrogen (secondary N) is 1. The standard InChI is InChI=1S/C26H29FN8O2S2/c1-3-19-22(32(2)24-30-21(20(12-28)38-24)15-4-6-17(27)7-5-15)35-25(29-19)39-26(31-35)33-10-8-16(9-11-33)23(37)34-13-18(36)14-34/h4-7,16,18,26,31,36H,3,8-11,13-14H2,1-2H3. The van der Waals surface area contributed by atoms with Gasteiger partial charge in [0.2, 0.25) is 5.91 Å². The second-order valence-electron chi connectivity index (χ2n) is 10.0. The second-order valence-corrected chi connectivity index (χ2v) is 12.0. The van der Waals surface area contributed by atoms with E-state index in [2.05, 4.69) is 23.3 Å². The predicted molar refractivity (Wildman–Crippen MR) is 148 cm³/mol. The molecule has 1 aromatic carbocycles. The zero-order valence-corrected chi connectivity index (χ0v) is 23.3. The van der Waals surface area contributed by atoms with Gasteiger partial charge in [0.25, 0.3) is 0 Å². The first kappa shape index (κ1) is 26.1. The van der Waals surface area contributed by atoms with Crippen LogP contribution in [0.3, 0.4) is 0 Å². The van der Waals surface area contributed by atoms with Crippen LogP contribution in [0.4, 0.5) is 15.3 Å². The number of rotatable bonds is 6. The fourth-order valence-corrected chi connectivity index (χ4v) is 7.27. The summed E-state index contributed by atoms with van der Waals surface area (Å²) < 4.78 is 15.5. The van der Waals surface area contributed by atoms with Gasteiger partial charge in [0.15, 0.2) is 16.1 Å². The maximum Gasteiger partial charge on any atom is 0.225 e. The maximum atomic E-state index is 13.5. The first-order valence-corrected chi connectivity index (χ1v) is 14.7. The van der Waals surface area contributed by atoms with E-state index in [1.807, 2.05) is 16.6 Å². The maximum absolute atomic E-state index is 13.5. The number of thiazole rings is 1. The van der Waals surface area contributed by atoms with Crippen molar-refractivity contribution in [3.8, 4) is 17.3 Å². The molecule has 2 saturated heterocycles. The summed E-state index contributed by atoms with van der Waals surface area (Å²) in [6, 6.07) is 8.24. The summed E-state index contributed by atoms with van der Waals surface area (Å²) >= 11 is 2.95.